The molecule has 0 unspecified atom stereocenters. The first-order chi connectivity index (χ1) is 54.5. The molecule has 10 N–H and O–H groups in total. The topological polar surface area (TPSA) is 202 Å². The van der Waals surface area contributed by atoms with Crippen LogP contribution >= 0.6 is 0 Å². The average Bonchev–Trinajstić information content (AvgIpc) is 0.799. The zero-order valence-corrected chi connectivity index (χ0v) is 67.8. The van der Waals surface area contributed by atoms with Crippen molar-refractivity contribution in [3.63, 3.8) is 0 Å². The molecule has 0 saturated carbocycles. The quantitative estimate of drug-likeness (QED) is 0.0790. The fourth-order valence-corrected chi connectivity index (χ4v) is 11.5. The van der Waals surface area contributed by atoms with Crippen LogP contribution in [-0.2, 0) is 0 Å². The highest BCUT2D eigenvalue weighted by molar-refractivity contribution is 5.84. The molecule has 584 valence electrons. The Morgan fingerprint density at radius 1 is 0.149 bits per heavy atom. The fourth-order valence-electron chi connectivity index (χ4n) is 11.5. The first kappa shape index (κ1) is 89.2. The molecular formula is C104H108O10. The Bertz CT molecular complexity index is 5190. The molecule has 15 rings (SSSR count). The third kappa shape index (κ3) is 30.6. The number of phenolic OH excluding ortho intramolecular Hbond substituents is 10. The molecule has 0 fully saturated rings. The monoisotopic (exact) mass is 1520 g/mol. The van der Waals surface area contributed by atoms with Gasteiger partial charge < -0.3 is 51.1 Å². The Kier molecular flexibility index (Phi) is 36.1. The van der Waals surface area contributed by atoms with Crippen molar-refractivity contribution in [1.82, 2.24) is 0 Å². The Labute approximate surface area is 674 Å². The van der Waals surface area contributed by atoms with Gasteiger partial charge in [-0.05, 0) is 310 Å². The van der Waals surface area contributed by atoms with Gasteiger partial charge in [0, 0.05) is 5.56 Å². The second-order valence-electron chi connectivity index (χ2n) is 27.8. The van der Waals surface area contributed by atoms with E-state index < -0.39 is 0 Å². The Morgan fingerprint density at radius 2 is 0.509 bits per heavy atom. The zero-order valence-electron chi connectivity index (χ0n) is 67.8. The molecule has 10 nitrogen and oxygen atoms in total. The minimum absolute atomic E-state index is 0.290. The lowest BCUT2D eigenvalue weighted by molar-refractivity contribution is 0.465. The molecule has 0 spiro atoms. The number of rotatable bonds is 5. The summed E-state index contributed by atoms with van der Waals surface area (Å²) < 4.78 is 0. The van der Waals surface area contributed by atoms with Gasteiger partial charge in [0.05, 0.1) is 0 Å². The molecule has 0 heterocycles. The first-order valence-corrected chi connectivity index (χ1v) is 37.5. The summed E-state index contributed by atoms with van der Waals surface area (Å²) in [7, 11) is 0. The Morgan fingerprint density at radius 3 is 0.947 bits per heavy atom. The summed E-state index contributed by atoms with van der Waals surface area (Å²) in [5.74, 6) is 3.49. The number of aryl methyl sites for hydroxylation is 11. The molecule has 0 atom stereocenters. The van der Waals surface area contributed by atoms with Gasteiger partial charge in [-0.3, -0.25) is 0 Å². The van der Waals surface area contributed by atoms with Gasteiger partial charge >= 0.3 is 0 Å². The molecule has 15 aromatic rings. The summed E-state index contributed by atoms with van der Waals surface area (Å²) in [4.78, 5) is 0. The van der Waals surface area contributed by atoms with E-state index in [2.05, 4.69) is 36.4 Å². The van der Waals surface area contributed by atoms with Gasteiger partial charge in [0.2, 0.25) is 0 Å². The molecule has 0 saturated heterocycles. The third-order valence-corrected chi connectivity index (χ3v) is 18.3. The van der Waals surface area contributed by atoms with Crippen LogP contribution in [0.25, 0.3) is 55.6 Å². The number of phenols is 10. The zero-order chi connectivity index (χ0) is 83.2. The lowest BCUT2D eigenvalue weighted by Gasteiger charge is -2.10. The van der Waals surface area contributed by atoms with E-state index in [1.807, 2.05) is 315 Å². The highest BCUT2D eigenvalue weighted by atomic mass is 16.3. The van der Waals surface area contributed by atoms with Crippen molar-refractivity contribution >= 4 is 0 Å². The van der Waals surface area contributed by atoms with Gasteiger partial charge in [0.25, 0.3) is 0 Å². The van der Waals surface area contributed by atoms with Crippen LogP contribution in [0.15, 0.2) is 340 Å². The van der Waals surface area contributed by atoms with Crippen molar-refractivity contribution in [2.75, 3.05) is 0 Å². The minimum Gasteiger partial charge on any atom is -0.508 e. The normalized spacial score (nSPS) is 9.84. The smallest absolute Gasteiger partial charge is 0.123 e. The van der Waals surface area contributed by atoms with Crippen LogP contribution in [0.5, 0.6) is 57.5 Å². The molecular weight excluding hydrogens is 1410 g/mol. The van der Waals surface area contributed by atoms with Crippen LogP contribution in [0.3, 0.4) is 0 Å². The number of benzene rings is 15. The second kappa shape index (κ2) is 46.1. The van der Waals surface area contributed by atoms with Crippen LogP contribution in [0, 0.1) is 96.9 Å². The van der Waals surface area contributed by atoms with E-state index in [9.17, 15) is 30.6 Å². The first-order valence-electron chi connectivity index (χ1n) is 37.5. The molecule has 0 bridgehead atoms. The van der Waals surface area contributed by atoms with E-state index in [0.717, 1.165) is 117 Å². The molecule has 10 heteroatoms. The van der Waals surface area contributed by atoms with Gasteiger partial charge in [-0.15, -0.1) is 0 Å². The SMILES string of the molecule is Cc1cc(C)c(C)c(O)c1.Cc1cc(C)c(C)c(O)c1C.Cc1cc(C)c(O)cc1C.Cc1cc(C)cc(O)c1.Cc1ccc(O)cc1.Cc1cccc(O)c1.Oc1ccc(-c2ccccc2)c(-c2ccccc2)c1.Oc1ccc(-c2ccccc2)cc1.Oc1cccc(-c2ccccc2)c1.Oc1ccccc1-c1ccccc1. The van der Waals surface area contributed by atoms with E-state index in [1.54, 1.807) is 84.9 Å². The van der Waals surface area contributed by atoms with Crippen LogP contribution in [0.4, 0.5) is 0 Å². The maximum Gasteiger partial charge on any atom is 0.123 e. The lowest BCUT2D eigenvalue weighted by Crippen LogP contribution is -1.88. The summed E-state index contributed by atoms with van der Waals surface area (Å²) in [5.41, 5.74) is 26.1. The van der Waals surface area contributed by atoms with Crippen LogP contribution < -0.4 is 0 Å². The van der Waals surface area contributed by atoms with Gasteiger partial charge in [0.1, 0.15) is 57.5 Å². The van der Waals surface area contributed by atoms with E-state index in [1.165, 1.54) is 16.7 Å². The summed E-state index contributed by atoms with van der Waals surface area (Å²) in [6, 6.07) is 107. The average molecular weight is 1520 g/mol. The third-order valence-electron chi connectivity index (χ3n) is 18.3. The van der Waals surface area contributed by atoms with Crippen LogP contribution in [0.1, 0.15) is 77.9 Å². The summed E-state index contributed by atoms with van der Waals surface area (Å²) in [6.45, 7) is 27.6. The van der Waals surface area contributed by atoms with Crippen molar-refractivity contribution < 1.29 is 51.1 Å². The van der Waals surface area contributed by atoms with Crippen LogP contribution in [-0.4, -0.2) is 51.1 Å². The predicted molar refractivity (Wildman–Crippen MR) is 475 cm³/mol. The molecule has 15 aromatic carbocycles. The summed E-state index contributed by atoms with van der Waals surface area (Å²) in [6.07, 6.45) is 0. The van der Waals surface area contributed by atoms with Crippen molar-refractivity contribution in [3.05, 3.63) is 418 Å². The highest BCUT2D eigenvalue weighted by Crippen LogP contribution is 2.35. The molecule has 0 aromatic heterocycles. The second-order valence-corrected chi connectivity index (χ2v) is 27.8. The van der Waals surface area contributed by atoms with Crippen molar-refractivity contribution in [3.8, 4) is 113 Å². The Hall–Kier alpha value is -13.7. The van der Waals surface area contributed by atoms with E-state index in [-0.39, 0.29) is 0 Å². The highest BCUT2D eigenvalue weighted by Gasteiger charge is 2.10. The van der Waals surface area contributed by atoms with Crippen LogP contribution in [0.2, 0.25) is 0 Å². The maximum absolute atomic E-state index is 9.75. The van der Waals surface area contributed by atoms with Crippen molar-refractivity contribution in [2.24, 2.45) is 0 Å². The van der Waals surface area contributed by atoms with Gasteiger partial charge in [0.15, 0.2) is 0 Å². The molecule has 0 radical (unpaired) electrons. The van der Waals surface area contributed by atoms with Gasteiger partial charge in [-0.2, -0.15) is 0 Å². The number of hydrogen-bond acceptors (Lipinski definition) is 10. The summed E-state index contributed by atoms with van der Waals surface area (Å²) in [5, 5.41) is 92.3. The Balaban J connectivity index is 0.000000199. The molecule has 114 heavy (non-hydrogen) atoms. The maximum atomic E-state index is 9.75. The van der Waals surface area contributed by atoms with Gasteiger partial charge in [-0.1, -0.05) is 254 Å². The van der Waals surface area contributed by atoms with E-state index in [4.69, 9.17) is 20.4 Å². The van der Waals surface area contributed by atoms with Crippen molar-refractivity contribution in [1.29, 1.82) is 0 Å². The lowest BCUT2D eigenvalue weighted by atomic mass is 9.94. The number of aromatic hydroxyl groups is 10. The van der Waals surface area contributed by atoms with Crippen molar-refractivity contribution in [2.45, 2.75) is 96.9 Å². The van der Waals surface area contributed by atoms with E-state index in [0.29, 0.717) is 57.5 Å². The largest absolute Gasteiger partial charge is 0.508 e. The fraction of sp³-hybridized carbons (Fsp3) is 0.135. The molecule has 0 aliphatic rings. The predicted octanol–water partition coefficient (Wildman–Crippen LogP) is 26.6. The number of hydrogen-bond donors (Lipinski definition) is 10. The molecule has 0 aliphatic carbocycles. The number of para-hydroxylation sites is 1. The molecule has 0 amide bonds. The minimum atomic E-state index is 0.290. The molecule has 0 aliphatic heterocycles. The summed E-state index contributed by atoms with van der Waals surface area (Å²) >= 11 is 0. The standard InChI is InChI=1S/C18H14O.3C12H10O.C10H14O.2C9H12O.C8H10O.2C7H8O/c19-16-11-12-17(14-7-3-1-4-8-14)18(13-16)15-9-5-2-6-10-15;13-12-9-5-4-8-11(12)10-6-2-1-3-7-10;13-12-8-4-7-11(9-12)10-5-2-1-3-6-10;13-12-8-6-11(7-9-12)10-4-2-1-3-5-10;1-6-5-7(2)9(4)10(11)8(6)3;1-6-4-8(3)9(10)5-7(6)2;1-6-4-7(2)8(3)9(10)5-6;1-6-3-7(2)5-8(9)4-6;1-6-2-4-7(8)5-3-6;1-6-3-2-4-7(8)5-6/h1-13,19H;3*1-9,13H;5,11H,1-4H3;2*4-5,10H,1-3H3;3-5,9H,1-2H3;2*2-5,8H,1H3. The van der Waals surface area contributed by atoms with Gasteiger partial charge in [-0.25, -0.2) is 0 Å². The van der Waals surface area contributed by atoms with E-state index >= 15 is 0 Å².